The Morgan fingerprint density at radius 2 is 2.37 bits per heavy atom. The average molecular weight is 277 g/mol. The maximum absolute atomic E-state index is 11.1. The number of benzene rings is 1. The third-order valence-electron chi connectivity index (χ3n) is 3.42. The summed E-state index contributed by atoms with van der Waals surface area (Å²) in [6.07, 6.45) is 0. The topological polar surface area (TPSA) is 58.8 Å². The van der Waals surface area contributed by atoms with Gasteiger partial charge in [0.05, 0.1) is 18.3 Å². The molecule has 1 unspecified atom stereocenters. The number of rotatable bonds is 2. The van der Waals surface area contributed by atoms with E-state index < -0.39 is 0 Å². The molecule has 0 bridgehead atoms. The smallest absolute Gasteiger partial charge is 0.237 e. The lowest BCUT2D eigenvalue weighted by Crippen LogP contribution is -2.41. The number of aryl methyl sites for hydroxylation is 1. The van der Waals surface area contributed by atoms with Gasteiger partial charge in [-0.15, -0.1) is 0 Å². The lowest BCUT2D eigenvalue weighted by molar-refractivity contribution is -0.118. The second kappa shape index (κ2) is 4.38. The number of carbonyl (C=O) groups excluding carboxylic acids is 1. The van der Waals surface area contributed by atoms with E-state index in [4.69, 9.17) is 22.7 Å². The molecule has 0 saturated carbocycles. The van der Waals surface area contributed by atoms with Crippen LogP contribution in [0, 0.1) is 6.92 Å². The van der Waals surface area contributed by atoms with Gasteiger partial charge in [0.15, 0.2) is 5.11 Å². The molecule has 6 heteroatoms. The van der Waals surface area contributed by atoms with Crippen LogP contribution in [-0.2, 0) is 4.79 Å². The van der Waals surface area contributed by atoms with E-state index in [9.17, 15) is 4.79 Å². The standard InChI is InChI=1S/C13H15N3O2S/c1-8-2-3-11-10(4-8)16-9(7-18-11)5-15(13(16)19)6-12(14)17/h2-4,9H,5-7H2,1H3,(H2,14,17). The highest BCUT2D eigenvalue weighted by molar-refractivity contribution is 7.80. The first-order valence-corrected chi connectivity index (χ1v) is 6.57. The normalized spacial score (nSPS) is 20.9. The number of anilines is 1. The van der Waals surface area contributed by atoms with Gasteiger partial charge in [0, 0.05) is 6.54 Å². The Labute approximate surface area is 116 Å². The number of nitrogens with zero attached hydrogens (tertiary/aromatic N) is 2. The summed E-state index contributed by atoms with van der Waals surface area (Å²) in [4.78, 5) is 15.0. The molecule has 2 N–H and O–H groups in total. The first kappa shape index (κ1) is 12.2. The Balaban J connectivity index is 1.95. The zero-order valence-corrected chi connectivity index (χ0v) is 11.4. The van der Waals surface area contributed by atoms with E-state index in [2.05, 4.69) is 11.0 Å². The van der Waals surface area contributed by atoms with E-state index in [1.54, 1.807) is 0 Å². The van der Waals surface area contributed by atoms with Gasteiger partial charge in [0.25, 0.3) is 0 Å². The fourth-order valence-corrected chi connectivity index (χ4v) is 2.98. The van der Waals surface area contributed by atoms with Crippen LogP contribution in [0.1, 0.15) is 5.56 Å². The van der Waals surface area contributed by atoms with Gasteiger partial charge in [0.2, 0.25) is 5.91 Å². The minimum Gasteiger partial charge on any atom is -0.489 e. The van der Waals surface area contributed by atoms with Crippen LogP contribution in [0.15, 0.2) is 18.2 Å². The number of nitrogens with two attached hydrogens (primary N) is 1. The van der Waals surface area contributed by atoms with Crippen LogP contribution in [0.5, 0.6) is 5.75 Å². The Kier molecular flexibility index (Phi) is 2.82. The Bertz CT molecular complexity index is 561. The molecule has 1 aromatic carbocycles. The monoisotopic (exact) mass is 277 g/mol. The fourth-order valence-electron chi connectivity index (χ4n) is 2.59. The Hall–Kier alpha value is -1.82. The van der Waals surface area contributed by atoms with E-state index >= 15 is 0 Å². The molecule has 3 rings (SSSR count). The zero-order chi connectivity index (χ0) is 13.6. The Morgan fingerprint density at radius 1 is 1.58 bits per heavy atom. The molecule has 5 nitrogen and oxygen atoms in total. The molecule has 100 valence electrons. The highest BCUT2D eigenvalue weighted by Gasteiger charge is 2.40. The van der Waals surface area contributed by atoms with E-state index in [1.165, 1.54) is 0 Å². The van der Waals surface area contributed by atoms with Crippen LogP contribution in [-0.4, -0.2) is 41.7 Å². The number of ether oxygens (including phenoxy) is 1. The third kappa shape index (κ3) is 2.02. The van der Waals surface area contributed by atoms with Crippen molar-refractivity contribution in [2.24, 2.45) is 5.73 Å². The number of hydrogen-bond acceptors (Lipinski definition) is 3. The van der Waals surface area contributed by atoms with Crippen molar-refractivity contribution >= 4 is 28.9 Å². The summed E-state index contributed by atoms with van der Waals surface area (Å²) >= 11 is 5.46. The van der Waals surface area contributed by atoms with E-state index in [0.717, 1.165) is 17.0 Å². The molecule has 0 radical (unpaired) electrons. The molecule has 1 fully saturated rings. The summed E-state index contributed by atoms with van der Waals surface area (Å²) in [6, 6.07) is 6.18. The van der Waals surface area contributed by atoms with Crippen LogP contribution in [0.3, 0.4) is 0 Å². The van der Waals surface area contributed by atoms with Crippen molar-refractivity contribution in [1.29, 1.82) is 0 Å². The lowest BCUT2D eigenvalue weighted by Gasteiger charge is -2.32. The number of fused-ring (bicyclic) bond motifs is 3. The molecule has 1 amide bonds. The van der Waals surface area contributed by atoms with Crippen LogP contribution >= 0.6 is 12.2 Å². The molecule has 19 heavy (non-hydrogen) atoms. The van der Waals surface area contributed by atoms with Crippen molar-refractivity contribution in [3.05, 3.63) is 23.8 Å². The van der Waals surface area contributed by atoms with Crippen molar-refractivity contribution < 1.29 is 9.53 Å². The number of hydrogen-bond donors (Lipinski definition) is 1. The molecule has 0 spiro atoms. The minimum absolute atomic E-state index is 0.154. The summed E-state index contributed by atoms with van der Waals surface area (Å²) < 4.78 is 5.75. The molecule has 1 aromatic rings. The van der Waals surface area contributed by atoms with Gasteiger partial charge in [-0.2, -0.15) is 0 Å². The van der Waals surface area contributed by atoms with Crippen molar-refractivity contribution in [2.75, 3.05) is 24.6 Å². The molecule has 1 saturated heterocycles. The number of carbonyl (C=O) groups is 1. The molecular weight excluding hydrogens is 262 g/mol. The second-order valence-electron chi connectivity index (χ2n) is 4.94. The number of thiocarbonyl (C=S) groups is 1. The molecule has 2 aliphatic rings. The van der Waals surface area contributed by atoms with Gasteiger partial charge in [-0.25, -0.2) is 0 Å². The van der Waals surface area contributed by atoms with Crippen LogP contribution in [0.4, 0.5) is 5.69 Å². The van der Waals surface area contributed by atoms with Crippen LogP contribution in [0.25, 0.3) is 0 Å². The summed E-state index contributed by atoms with van der Waals surface area (Å²) in [5.41, 5.74) is 7.38. The van der Waals surface area contributed by atoms with E-state index in [1.807, 2.05) is 24.0 Å². The summed E-state index contributed by atoms with van der Waals surface area (Å²) in [5.74, 6) is 0.470. The van der Waals surface area contributed by atoms with Gasteiger partial charge >= 0.3 is 0 Å². The third-order valence-corrected chi connectivity index (χ3v) is 3.88. The van der Waals surface area contributed by atoms with Gasteiger partial charge in [-0.1, -0.05) is 6.07 Å². The SMILES string of the molecule is Cc1ccc2c(c1)N1C(=S)N(CC(N)=O)CC1CO2. The predicted molar refractivity (Wildman–Crippen MR) is 76.3 cm³/mol. The molecule has 2 heterocycles. The van der Waals surface area contributed by atoms with E-state index in [-0.39, 0.29) is 18.5 Å². The molecule has 1 atom stereocenters. The number of primary amides is 1. The van der Waals surface area contributed by atoms with Crippen LogP contribution in [0.2, 0.25) is 0 Å². The first-order valence-electron chi connectivity index (χ1n) is 6.16. The number of amides is 1. The van der Waals surface area contributed by atoms with Crippen molar-refractivity contribution in [1.82, 2.24) is 4.90 Å². The highest BCUT2D eigenvalue weighted by atomic mass is 32.1. The largest absolute Gasteiger partial charge is 0.489 e. The zero-order valence-electron chi connectivity index (χ0n) is 10.6. The fraction of sp³-hybridized carbons (Fsp3) is 0.385. The highest BCUT2D eigenvalue weighted by Crippen LogP contribution is 2.37. The Morgan fingerprint density at radius 3 is 3.11 bits per heavy atom. The van der Waals surface area contributed by atoms with Gasteiger partial charge in [0.1, 0.15) is 12.4 Å². The van der Waals surface area contributed by atoms with Gasteiger partial charge in [-0.05, 0) is 36.8 Å². The minimum atomic E-state index is -0.368. The van der Waals surface area contributed by atoms with Crippen molar-refractivity contribution in [3.8, 4) is 5.75 Å². The maximum atomic E-state index is 11.1. The first-order chi connectivity index (χ1) is 9.06. The van der Waals surface area contributed by atoms with Crippen LogP contribution < -0.4 is 15.4 Å². The molecular formula is C13H15N3O2S. The quantitative estimate of drug-likeness (QED) is 0.804. The second-order valence-corrected chi connectivity index (χ2v) is 5.30. The van der Waals surface area contributed by atoms with Gasteiger partial charge < -0.3 is 20.3 Å². The van der Waals surface area contributed by atoms with E-state index in [0.29, 0.717) is 18.3 Å². The summed E-state index contributed by atoms with van der Waals surface area (Å²) in [7, 11) is 0. The van der Waals surface area contributed by atoms with Gasteiger partial charge in [-0.3, -0.25) is 4.79 Å². The maximum Gasteiger partial charge on any atom is 0.237 e. The molecule has 2 aliphatic heterocycles. The molecule has 0 aliphatic carbocycles. The predicted octanol–water partition coefficient (Wildman–Crippen LogP) is 0.648. The lowest BCUT2D eigenvalue weighted by atomic mass is 10.1. The van der Waals surface area contributed by atoms with Crippen molar-refractivity contribution in [2.45, 2.75) is 13.0 Å². The summed E-state index contributed by atoms with van der Waals surface area (Å²) in [6.45, 7) is 3.44. The van der Waals surface area contributed by atoms with Crippen molar-refractivity contribution in [3.63, 3.8) is 0 Å². The average Bonchev–Trinajstić information content (AvgIpc) is 2.66. The molecule has 0 aromatic heterocycles. The summed E-state index contributed by atoms with van der Waals surface area (Å²) in [5, 5.41) is 0.652.